The monoisotopic (exact) mass is 213 g/mol. The molecule has 13 heavy (non-hydrogen) atoms. The van der Waals surface area contributed by atoms with Crippen LogP contribution in [0.2, 0.25) is 0 Å². The van der Waals surface area contributed by atoms with Crippen molar-refractivity contribution < 1.29 is 28.9 Å². The van der Waals surface area contributed by atoms with Gasteiger partial charge in [-0.2, -0.15) is 0 Å². The molecule has 5 N–H and O–H groups in total. The van der Waals surface area contributed by atoms with Gasteiger partial charge in [-0.15, -0.1) is 0 Å². The molecule has 7 nitrogen and oxygen atoms in total. The molecular weight excluding hydrogens is 201 g/mol. The van der Waals surface area contributed by atoms with Gasteiger partial charge in [-0.3, -0.25) is 4.57 Å². The minimum atomic E-state index is -3.04. The van der Waals surface area contributed by atoms with Crippen molar-refractivity contribution in [2.75, 3.05) is 6.61 Å². The highest BCUT2D eigenvalue weighted by molar-refractivity contribution is 7.32. The second kappa shape index (κ2) is 4.47. The van der Waals surface area contributed by atoms with Crippen molar-refractivity contribution in [1.29, 1.82) is 0 Å². The van der Waals surface area contributed by atoms with Crippen LogP contribution >= 0.6 is 8.25 Å². The molecule has 0 aliphatic carbocycles. The van der Waals surface area contributed by atoms with E-state index in [4.69, 9.17) is 20.5 Å². The van der Waals surface area contributed by atoms with Crippen LogP contribution < -0.4 is 5.73 Å². The number of rotatable bonds is 3. The summed E-state index contributed by atoms with van der Waals surface area (Å²) in [6.45, 7) is -0.264. The Morgan fingerprint density at radius 3 is 2.46 bits per heavy atom. The molecule has 0 radical (unpaired) electrons. The lowest BCUT2D eigenvalue weighted by Gasteiger charge is -2.12. The molecule has 0 aromatic heterocycles. The highest BCUT2D eigenvalue weighted by Crippen LogP contribution is 2.22. The molecule has 78 valence electrons. The van der Waals surface area contributed by atoms with Gasteiger partial charge in [-0.05, 0) is 0 Å². The first-order valence-electron chi connectivity index (χ1n) is 3.65. The zero-order chi connectivity index (χ0) is 10.0. The first kappa shape index (κ1) is 11.1. The van der Waals surface area contributed by atoms with E-state index in [1.807, 2.05) is 0 Å². The lowest BCUT2D eigenvalue weighted by atomic mass is 10.1. The summed E-state index contributed by atoms with van der Waals surface area (Å²) in [7, 11) is -3.04. The maximum Gasteiger partial charge on any atom is 0.316 e. The quantitative estimate of drug-likeness (QED) is 0.392. The maximum absolute atomic E-state index is 10.2. The molecule has 0 aromatic rings. The van der Waals surface area contributed by atoms with Crippen LogP contribution in [0.15, 0.2) is 0 Å². The van der Waals surface area contributed by atoms with Crippen molar-refractivity contribution in [3.8, 4) is 0 Å². The van der Waals surface area contributed by atoms with E-state index in [0.717, 1.165) is 0 Å². The molecule has 1 aliphatic heterocycles. The van der Waals surface area contributed by atoms with Gasteiger partial charge in [0.2, 0.25) is 0 Å². The Morgan fingerprint density at radius 1 is 1.46 bits per heavy atom. The molecule has 8 heteroatoms. The lowest BCUT2D eigenvalue weighted by molar-refractivity contribution is -0.0144. The summed E-state index contributed by atoms with van der Waals surface area (Å²) in [4.78, 5) is 8.32. The van der Waals surface area contributed by atoms with Crippen molar-refractivity contribution in [2.45, 2.75) is 24.5 Å². The number of hydrogen-bond acceptors (Lipinski definition) is 6. The summed E-state index contributed by atoms with van der Waals surface area (Å²) in [6.07, 6.45) is -4.21. The highest BCUT2D eigenvalue weighted by atomic mass is 31.1. The van der Waals surface area contributed by atoms with E-state index in [1.54, 1.807) is 0 Å². The predicted molar refractivity (Wildman–Crippen MR) is 42.0 cm³/mol. The van der Waals surface area contributed by atoms with Crippen molar-refractivity contribution >= 4 is 8.25 Å². The Balaban J connectivity index is 2.40. The fourth-order valence-electron chi connectivity index (χ4n) is 1.07. The van der Waals surface area contributed by atoms with E-state index < -0.39 is 32.8 Å². The van der Waals surface area contributed by atoms with Crippen molar-refractivity contribution in [1.82, 2.24) is 0 Å². The van der Waals surface area contributed by atoms with Crippen LogP contribution in [0.5, 0.6) is 0 Å². The Hall–Kier alpha value is -0.0100. The first-order valence-corrected chi connectivity index (χ1v) is 4.91. The van der Waals surface area contributed by atoms with Crippen LogP contribution in [0, 0.1) is 0 Å². The number of hydrogen-bond donors (Lipinski definition) is 4. The molecule has 1 fully saturated rings. The zero-order valence-corrected chi connectivity index (χ0v) is 7.66. The Kier molecular flexibility index (Phi) is 3.81. The molecule has 5 unspecified atom stereocenters. The molecule has 0 spiro atoms. The van der Waals surface area contributed by atoms with Gasteiger partial charge in [0, 0.05) is 0 Å². The molecule has 1 rings (SSSR count). The van der Waals surface area contributed by atoms with E-state index in [2.05, 4.69) is 4.52 Å². The second-order valence-electron chi connectivity index (χ2n) is 2.70. The number of nitrogens with two attached hydrogens (primary N) is 1. The van der Waals surface area contributed by atoms with Gasteiger partial charge in [-0.1, -0.05) is 0 Å². The van der Waals surface area contributed by atoms with Crippen molar-refractivity contribution in [2.24, 2.45) is 5.73 Å². The third kappa shape index (κ3) is 2.72. The van der Waals surface area contributed by atoms with Gasteiger partial charge in [0.05, 0.1) is 6.61 Å². The second-order valence-corrected chi connectivity index (χ2v) is 3.52. The van der Waals surface area contributed by atoms with Crippen molar-refractivity contribution in [3.63, 3.8) is 0 Å². The van der Waals surface area contributed by atoms with Gasteiger partial charge in [0.1, 0.15) is 24.5 Å². The van der Waals surface area contributed by atoms with Crippen LogP contribution in [0.25, 0.3) is 0 Å². The van der Waals surface area contributed by atoms with Gasteiger partial charge >= 0.3 is 8.25 Å². The molecule has 1 aliphatic rings. The van der Waals surface area contributed by atoms with E-state index in [9.17, 15) is 9.67 Å². The molecule has 0 saturated carbocycles. The predicted octanol–water partition coefficient (Wildman–Crippen LogP) is -2.21. The Labute approximate surface area is 75.0 Å². The Morgan fingerprint density at radius 2 is 2.08 bits per heavy atom. The molecule has 0 aromatic carbocycles. The van der Waals surface area contributed by atoms with Gasteiger partial charge in [0.25, 0.3) is 0 Å². The molecule has 1 saturated heterocycles. The van der Waals surface area contributed by atoms with Gasteiger partial charge in [0.15, 0.2) is 0 Å². The lowest BCUT2D eigenvalue weighted by Crippen LogP contribution is -2.37. The molecule has 5 atom stereocenters. The van der Waals surface area contributed by atoms with Crippen LogP contribution in [-0.4, -0.2) is 46.3 Å². The minimum Gasteiger partial charge on any atom is -0.387 e. The maximum atomic E-state index is 10.2. The number of ether oxygens (including phenoxy) is 1. The summed E-state index contributed by atoms with van der Waals surface area (Å²) in [5, 5.41) is 18.3. The van der Waals surface area contributed by atoms with E-state index in [1.165, 1.54) is 0 Å². The van der Waals surface area contributed by atoms with E-state index >= 15 is 0 Å². The van der Waals surface area contributed by atoms with Crippen LogP contribution in [-0.2, 0) is 13.8 Å². The van der Waals surface area contributed by atoms with Gasteiger partial charge in [-0.25, -0.2) is 0 Å². The fraction of sp³-hybridized carbons (Fsp3) is 1.00. The molecule has 0 amide bonds. The molecule has 0 bridgehead atoms. The Bertz CT molecular complexity index is 201. The van der Waals surface area contributed by atoms with Crippen LogP contribution in [0.4, 0.5) is 0 Å². The first-order chi connectivity index (χ1) is 6.02. The van der Waals surface area contributed by atoms with E-state index in [-0.39, 0.29) is 6.61 Å². The van der Waals surface area contributed by atoms with Crippen molar-refractivity contribution in [3.05, 3.63) is 0 Å². The molecule has 1 heterocycles. The third-order valence-corrected chi connectivity index (χ3v) is 2.18. The standard InChI is InChI=1S/C5H12NO6P/c6-5-4(8)3(7)2(12-5)1-11-13(9)10/h2-5,7-8,13H,1,6H2,(H,9,10). The summed E-state index contributed by atoms with van der Waals surface area (Å²) in [6, 6.07) is 0. The normalized spacial score (nSPS) is 42.2. The highest BCUT2D eigenvalue weighted by Gasteiger charge is 2.40. The summed E-state index contributed by atoms with van der Waals surface area (Å²) >= 11 is 0. The largest absolute Gasteiger partial charge is 0.387 e. The van der Waals surface area contributed by atoms with Gasteiger partial charge < -0.3 is 30.1 Å². The summed E-state index contributed by atoms with van der Waals surface area (Å²) < 4.78 is 19.4. The third-order valence-electron chi connectivity index (χ3n) is 1.77. The van der Waals surface area contributed by atoms with Crippen LogP contribution in [0.3, 0.4) is 0 Å². The smallest absolute Gasteiger partial charge is 0.316 e. The van der Waals surface area contributed by atoms with Crippen LogP contribution in [0.1, 0.15) is 0 Å². The topological polar surface area (TPSA) is 122 Å². The average molecular weight is 213 g/mol. The summed E-state index contributed by atoms with van der Waals surface area (Å²) in [5.74, 6) is 0. The SMILES string of the molecule is NC1OC(CO[PH](=O)O)C(O)C1O. The number of aliphatic hydroxyl groups is 2. The summed E-state index contributed by atoms with van der Waals surface area (Å²) in [5.41, 5.74) is 5.25. The fourth-order valence-corrected chi connectivity index (χ4v) is 1.38. The average Bonchev–Trinajstić information content (AvgIpc) is 2.29. The molecular formula is C5H12NO6P. The number of aliphatic hydroxyl groups excluding tert-OH is 2. The minimum absolute atomic E-state index is 0.264. The zero-order valence-electron chi connectivity index (χ0n) is 6.66. The van der Waals surface area contributed by atoms with E-state index in [0.29, 0.717) is 0 Å².